The second kappa shape index (κ2) is 8.02. The van der Waals surface area contributed by atoms with Crippen molar-refractivity contribution in [1.29, 1.82) is 0 Å². The minimum absolute atomic E-state index is 0.00465. The number of aryl methyl sites for hydroxylation is 3. The SMILES string of the molecule is Cc1cccc([C@H](C(=O)NCCc2nc(C)cc(C)n2)N(C)C)c1. The smallest absolute Gasteiger partial charge is 0.241 e. The molecule has 128 valence electrons. The summed E-state index contributed by atoms with van der Waals surface area (Å²) in [6.07, 6.45) is 0.627. The van der Waals surface area contributed by atoms with E-state index in [-0.39, 0.29) is 11.9 Å². The van der Waals surface area contributed by atoms with E-state index >= 15 is 0 Å². The zero-order valence-electron chi connectivity index (χ0n) is 15.1. The molecule has 1 N–H and O–H groups in total. The Kier molecular flexibility index (Phi) is 6.04. The first-order valence-corrected chi connectivity index (χ1v) is 8.18. The molecule has 1 amide bonds. The van der Waals surface area contributed by atoms with Crippen LogP contribution in [-0.2, 0) is 11.2 Å². The Hall–Kier alpha value is -2.27. The summed E-state index contributed by atoms with van der Waals surface area (Å²) in [5.41, 5.74) is 4.06. The Morgan fingerprint density at radius 3 is 2.38 bits per heavy atom. The van der Waals surface area contributed by atoms with Crippen molar-refractivity contribution in [3.05, 3.63) is 58.7 Å². The zero-order chi connectivity index (χ0) is 17.7. The lowest BCUT2D eigenvalue weighted by atomic mass is 10.0. The molecule has 0 spiro atoms. The summed E-state index contributed by atoms with van der Waals surface area (Å²) in [6.45, 7) is 6.47. The van der Waals surface area contributed by atoms with Gasteiger partial charge in [0.25, 0.3) is 0 Å². The van der Waals surface area contributed by atoms with Crippen molar-refractivity contribution in [3.63, 3.8) is 0 Å². The lowest BCUT2D eigenvalue weighted by molar-refractivity contribution is -0.125. The predicted molar refractivity (Wildman–Crippen MR) is 95.8 cm³/mol. The van der Waals surface area contributed by atoms with E-state index in [2.05, 4.69) is 21.4 Å². The van der Waals surface area contributed by atoms with Crippen LogP contribution < -0.4 is 5.32 Å². The highest BCUT2D eigenvalue weighted by Gasteiger charge is 2.22. The monoisotopic (exact) mass is 326 g/mol. The Balaban J connectivity index is 2.01. The lowest BCUT2D eigenvalue weighted by Crippen LogP contribution is -2.38. The van der Waals surface area contributed by atoms with Crippen LogP contribution in [0, 0.1) is 20.8 Å². The molecular formula is C19H26N4O. The van der Waals surface area contributed by atoms with E-state index in [1.807, 2.05) is 64.0 Å². The fraction of sp³-hybridized carbons (Fsp3) is 0.421. The fourth-order valence-corrected chi connectivity index (χ4v) is 2.83. The molecule has 5 nitrogen and oxygen atoms in total. The highest BCUT2D eigenvalue weighted by Crippen LogP contribution is 2.19. The van der Waals surface area contributed by atoms with E-state index in [0.717, 1.165) is 28.3 Å². The molecule has 1 aromatic carbocycles. The molecule has 0 bridgehead atoms. The third-order valence-corrected chi connectivity index (χ3v) is 3.80. The number of hydrogen-bond acceptors (Lipinski definition) is 4. The summed E-state index contributed by atoms with van der Waals surface area (Å²) in [6, 6.07) is 9.71. The van der Waals surface area contributed by atoms with Gasteiger partial charge in [-0.15, -0.1) is 0 Å². The van der Waals surface area contributed by atoms with Gasteiger partial charge in [0.2, 0.25) is 5.91 Å². The third-order valence-electron chi connectivity index (χ3n) is 3.80. The molecule has 2 aromatic rings. The minimum atomic E-state index is -0.301. The summed E-state index contributed by atoms with van der Waals surface area (Å²) in [5, 5.41) is 3.01. The molecular weight excluding hydrogens is 300 g/mol. The van der Waals surface area contributed by atoms with Crippen LogP contribution in [0.5, 0.6) is 0 Å². The van der Waals surface area contributed by atoms with Gasteiger partial charge in [-0.05, 0) is 46.5 Å². The topological polar surface area (TPSA) is 58.1 Å². The number of aromatic nitrogens is 2. The molecule has 0 saturated carbocycles. The van der Waals surface area contributed by atoms with Gasteiger partial charge in [-0.2, -0.15) is 0 Å². The summed E-state index contributed by atoms with van der Waals surface area (Å²) in [7, 11) is 3.83. The van der Waals surface area contributed by atoms with Crippen LogP contribution in [0.25, 0.3) is 0 Å². The molecule has 0 saturated heterocycles. The number of hydrogen-bond donors (Lipinski definition) is 1. The molecule has 2 rings (SSSR count). The summed E-state index contributed by atoms with van der Waals surface area (Å²) >= 11 is 0. The Morgan fingerprint density at radius 2 is 1.79 bits per heavy atom. The number of nitrogens with one attached hydrogen (secondary N) is 1. The van der Waals surface area contributed by atoms with Crippen LogP contribution >= 0.6 is 0 Å². The summed E-state index contributed by atoms with van der Waals surface area (Å²) < 4.78 is 0. The van der Waals surface area contributed by atoms with Crippen LogP contribution in [0.4, 0.5) is 0 Å². The molecule has 0 unspecified atom stereocenters. The Morgan fingerprint density at radius 1 is 1.12 bits per heavy atom. The Labute approximate surface area is 144 Å². The maximum atomic E-state index is 12.6. The second-order valence-corrected chi connectivity index (χ2v) is 6.39. The van der Waals surface area contributed by atoms with Gasteiger partial charge < -0.3 is 5.32 Å². The van der Waals surface area contributed by atoms with Crippen molar-refractivity contribution in [2.75, 3.05) is 20.6 Å². The third kappa shape index (κ3) is 4.86. The van der Waals surface area contributed by atoms with E-state index < -0.39 is 0 Å². The first-order chi connectivity index (χ1) is 11.4. The summed E-state index contributed by atoms with van der Waals surface area (Å²) in [4.78, 5) is 23.4. The quantitative estimate of drug-likeness (QED) is 0.885. The van der Waals surface area contributed by atoms with Gasteiger partial charge in [0.05, 0.1) is 0 Å². The molecule has 1 aromatic heterocycles. The minimum Gasteiger partial charge on any atom is -0.354 e. The highest BCUT2D eigenvalue weighted by molar-refractivity contribution is 5.83. The standard InChI is InChI=1S/C19H26N4O/c1-13-7-6-8-16(11-13)18(23(4)5)19(24)20-10-9-17-21-14(2)12-15(3)22-17/h6-8,11-12,18H,9-10H2,1-5H3,(H,20,24)/t18-/m1/s1. The van der Waals surface area contributed by atoms with Crippen molar-refractivity contribution in [2.45, 2.75) is 33.2 Å². The number of amides is 1. The average Bonchev–Trinajstić information content (AvgIpc) is 2.46. The fourth-order valence-electron chi connectivity index (χ4n) is 2.83. The molecule has 0 aliphatic carbocycles. The normalized spacial score (nSPS) is 12.2. The highest BCUT2D eigenvalue weighted by atomic mass is 16.2. The first kappa shape index (κ1) is 18.1. The Bertz CT molecular complexity index is 692. The molecule has 0 radical (unpaired) electrons. The molecule has 1 atom stereocenters. The van der Waals surface area contributed by atoms with Crippen LogP contribution in [0.1, 0.15) is 34.4 Å². The largest absolute Gasteiger partial charge is 0.354 e. The van der Waals surface area contributed by atoms with Gasteiger partial charge in [0.15, 0.2) is 0 Å². The predicted octanol–water partition coefficient (Wildman–Crippen LogP) is 2.36. The van der Waals surface area contributed by atoms with E-state index in [1.165, 1.54) is 0 Å². The van der Waals surface area contributed by atoms with Crippen molar-refractivity contribution < 1.29 is 4.79 Å². The van der Waals surface area contributed by atoms with Gasteiger partial charge in [-0.1, -0.05) is 29.8 Å². The molecule has 0 aliphatic rings. The van der Waals surface area contributed by atoms with E-state index in [9.17, 15) is 4.79 Å². The van der Waals surface area contributed by atoms with E-state index in [0.29, 0.717) is 13.0 Å². The number of likely N-dealkylation sites (N-methyl/N-ethyl adjacent to an activating group) is 1. The van der Waals surface area contributed by atoms with Crippen LogP contribution in [0.2, 0.25) is 0 Å². The molecule has 1 heterocycles. The van der Waals surface area contributed by atoms with E-state index in [1.54, 1.807) is 0 Å². The number of rotatable bonds is 6. The van der Waals surface area contributed by atoms with Crippen molar-refractivity contribution in [2.24, 2.45) is 0 Å². The first-order valence-electron chi connectivity index (χ1n) is 8.18. The molecule has 0 fully saturated rings. The number of carbonyl (C=O) groups is 1. The van der Waals surface area contributed by atoms with Crippen molar-refractivity contribution >= 4 is 5.91 Å². The maximum Gasteiger partial charge on any atom is 0.241 e. The average molecular weight is 326 g/mol. The summed E-state index contributed by atoms with van der Waals surface area (Å²) in [5.74, 6) is 0.764. The van der Waals surface area contributed by atoms with Gasteiger partial charge in [-0.25, -0.2) is 9.97 Å². The van der Waals surface area contributed by atoms with Crippen LogP contribution in [-0.4, -0.2) is 41.4 Å². The maximum absolute atomic E-state index is 12.6. The van der Waals surface area contributed by atoms with Gasteiger partial charge in [0, 0.05) is 24.4 Å². The number of benzene rings is 1. The van der Waals surface area contributed by atoms with Gasteiger partial charge >= 0.3 is 0 Å². The number of carbonyl (C=O) groups excluding carboxylic acids is 1. The molecule has 5 heteroatoms. The molecule has 0 aliphatic heterocycles. The van der Waals surface area contributed by atoms with Crippen molar-refractivity contribution in [1.82, 2.24) is 20.2 Å². The second-order valence-electron chi connectivity index (χ2n) is 6.39. The number of nitrogens with zero attached hydrogens (tertiary/aromatic N) is 3. The van der Waals surface area contributed by atoms with Crippen LogP contribution in [0.3, 0.4) is 0 Å². The van der Waals surface area contributed by atoms with Gasteiger partial charge in [0.1, 0.15) is 11.9 Å². The van der Waals surface area contributed by atoms with E-state index in [4.69, 9.17) is 0 Å². The van der Waals surface area contributed by atoms with Crippen LogP contribution in [0.15, 0.2) is 30.3 Å². The van der Waals surface area contributed by atoms with Crippen molar-refractivity contribution in [3.8, 4) is 0 Å². The lowest BCUT2D eigenvalue weighted by Gasteiger charge is -2.24. The zero-order valence-corrected chi connectivity index (χ0v) is 15.1. The van der Waals surface area contributed by atoms with Gasteiger partial charge in [-0.3, -0.25) is 9.69 Å². The molecule has 24 heavy (non-hydrogen) atoms.